The molecule has 5 nitrogen and oxygen atoms in total. The lowest BCUT2D eigenvalue weighted by Gasteiger charge is -2.23. The number of benzene rings is 3. The van der Waals surface area contributed by atoms with Gasteiger partial charge in [-0.25, -0.2) is 0 Å². The summed E-state index contributed by atoms with van der Waals surface area (Å²) >= 11 is 12.6. The molecule has 2 heterocycles. The molecule has 30 heavy (non-hydrogen) atoms. The Bertz CT molecular complexity index is 1300. The molecule has 0 unspecified atom stereocenters. The Morgan fingerprint density at radius 2 is 1.70 bits per heavy atom. The van der Waals surface area contributed by atoms with E-state index >= 15 is 0 Å². The van der Waals surface area contributed by atoms with Gasteiger partial charge in [0.1, 0.15) is 17.1 Å². The number of hydrogen-bond donors (Lipinski definition) is 1. The molecule has 0 saturated heterocycles. The monoisotopic (exact) mass is 435 g/mol. The Morgan fingerprint density at radius 1 is 0.967 bits per heavy atom. The molecule has 0 spiro atoms. The number of nitrogens with one attached hydrogen (secondary N) is 1. The lowest BCUT2D eigenvalue weighted by molar-refractivity contribution is -0.383. The number of rotatable bonds is 3. The van der Waals surface area contributed by atoms with E-state index in [0.29, 0.717) is 39.2 Å². The molecule has 0 radical (unpaired) electrons. The van der Waals surface area contributed by atoms with E-state index in [2.05, 4.69) is 5.32 Å². The molecule has 0 fully saturated rings. The highest BCUT2D eigenvalue weighted by Crippen LogP contribution is 2.50. The van der Waals surface area contributed by atoms with E-state index in [1.54, 1.807) is 18.2 Å². The fraction of sp³-hybridized carbons (Fsp3) is 0.0435. The van der Waals surface area contributed by atoms with Crippen LogP contribution in [0.15, 0.2) is 72.8 Å². The molecule has 0 atom stereocenters. The van der Waals surface area contributed by atoms with Gasteiger partial charge >= 0.3 is 5.69 Å². The van der Waals surface area contributed by atoms with Gasteiger partial charge in [0.05, 0.1) is 16.5 Å². The second-order valence-electron chi connectivity index (χ2n) is 7.04. The van der Waals surface area contributed by atoms with Crippen LogP contribution in [0, 0.1) is 10.1 Å². The molecule has 0 bridgehead atoms. The molecular formula is C23H15Cl2N3O2. The lowest BCUT2D eigenvalue weighted by atomic mass is 10.0. The van der Waals surface area contributed by atoms with Crippen LogP contribution < -0.4 is 5.32 Å². The van der Waals surface area contributed by atoms with Gasteiger partial charge in [-0.1, -0.05) is 71.7 Å². The first kappa shape index (κ1) is 18.7. The molecule has 1 N–H and O–H groups in total. The number of aromatic nitrogens is 1. The Balaban J connectivity index is 1.87. The minimum atomic E-state index is -0.333. The standard InChI is InChI=1S/C23H15Cl2N3O2/c24-16-10-11-17(18(25)12-16)21-22(28(29)30)20(14-6-2-1-3-7-14)23-26-19-9-5-4-8-15(19)13-27(21)23/h1-12,26H,13H2. The van der Waals surface area contributed by atoms with Crippen LogP contribution in [-0.2, 0) is 6.54 Å². The van der Waals surface area contributed by atoms with Gasteiger partial charge in [-0.3, -0.25) is 10.1 Å². The molecular weight excluding hydrogens is 421 g/mol. The van der Waals surface area contributed by atoms with Crippen molar-refractivity contribution in [1.29, 1.82) is 0 Å². The highest BCUT2D eigenvalue weighted by molar-refractivity contribution is 6.36. The number of halogens is 2. The highest BCUT2D eigenvalue weighted by atomic mass is 35.5. The van der Waals surface area contributed by atoms with Crippen molar-refractivity contribution in [3.8, 4) is 22.4 Å². The minimum absolute atomic E-state index is 0.0146. The molecule has 4 aromatic rings. The molecule has 5 rings (SSSR count). The topological polar surface area (TPSA) is 60.1 Å². The lowest BCUT2D eigenvalue weighted by Crippen LogP contribution is -2.13. The fourth-order valence-electron chi connectivity index (χ4n) is 3.98. The van der Waals surface area contributed by atoms with Crippen molar-refractivity contribution in [2.45, 2.75) is 6.54 Å². The second-order valence-corrected chi connectivity index (χ2v) is 7.88. The third-order valence-corrected chi connectivity index (χ3v) is 5.82. The van der Waals surface area contributed by atoms with Gasteiger partial charge in [-0.2, -0.15) is 0 Å². The maximum Gasteiger partial charge on any atom is 0.305 e. The summed E-state index contributed by atoms with van der Waals surface area (Å²) in [4.78, 5) is 12.0. The Labute approximate surface area is 182 Å². The van der Waals surface area contributed by atoms with E-state index in [4.69, 9.17) is 23.2 Å². The Morgan fingerprint density at radius 3 is 2.43 bits per heavy atom. The summed E-state index contributed by atoms with van der Waals surface area (Å²) in [5, 5.41) is 16.6. The van der Waals surface area contributed by atoms with Crippen LogP contribution >= 0.6 is 23.2 Å². The van der Waals surface area contributed by atoms with Gasteiger partial charge in [-0.15, -0.1) is 0 Å². The predicted octanol–water partition coefficient (Wildman–Crippen LogP) is 7.14. The molecule has 1 aromatic heterocycles. The van der Waals surface area contributed by atoms with E-state index in [1.807, 2.05) is 59.2 Å². The molecule has 1 aliphatic heterocycles. The molecule has 7 heteroatoms. The first-order chi connectivity index (χ1) is 14.5. The zero-order valence-corrected chi connectivity index (χ0v) is 17.1. The third-order valence-electron chi connectivity index (χ3n) is 5.27. The quantitative estimate of drug-likeness (QED) is 0.242. The van der Waals surface area contributed by atoms with Crippen molar-refractivity contribution in [3.63, 3.8) is 0 Å². The minimum Gasteiger partial charge on any atom is -0.341 e. The number of nitrogens with zero attached hydrogens (tertiary/aromatic N) is 2. The first-order valence-corrected chi connectivity index (χ1v) is 10.1. The van der Waals surface area contributed by atoms with E-state index in [0.717, 1.165) is 16.8 Å². The van der Waals surface area contributed by atoms with Crippen LogP contribution in [0.4, 0.5) is 17.2 Å². The van der Waals surface area contributed by atoms with E-state index in [1.165, 1.54) is 0 Å². The van der Waals surface area contributed by atoms with Crippen LogP contribution in [0.3, 0.4) is 0 Å². The van der Waals surface area contributed by atoms with Gasteiger partial charge in [0.25, 0.3) is 0 Å². The average Bonchev–Trinajstić information content (AvgIpc) is 3.07. The maximum atomic E-state index is 12.4. The molecule has 0 saturated carbocycles. The van der Waals surface area contributed by atoms with Gasteiger partial charge < -0.3 is 9.88 Å². The maximum absolute atomic E-state index is 12.4. The summed E-state index contributed by atoms with van der Waals surface area (Å²) in [5.74, 6) is 0.674. The van der Waals surface area contributed by atoms with Crippen molar-refractivity contribution in [3.05, 3.63) is 98.5 Å². The van der Waals surface area contributed by atoms with Crippen LogP contribution in [0.25, 0.3) is 22.4 Å². The number of para-hydroxylation sites is 1. The largest absolute Gasteiger partial charge is 0.341 e. The second kappa shape index (κ2) is 7.20. The summed E-state index contributed by atoms with van der Waals surface area (Å²) < 4.78 is 1.93. The van der Waals surface area contributed by atoms with Crippen molar-refractivity contribution >= 4 is 40.4 Å². The number of anilines is 2. The normalized spacial score (nSPS) is 12.1. The summed E-state index contributed by atoms with van der Waals surface area (Å²) in [6.45, 7) is 0.487. The number of fused-ring (bicyclic) bond motifs is 2. The van der Waals surface area contributed by atoms with Crippen molar-refractivity contribution in [1.82, 2.24) is 4.57 Å². The smallest absolute Gasteiger partial charge is 0.305 e. The number of nitro groups is 1. The van der Waals surface area contributed by atoms with Crippen molar-refractivity contribution in [2.24, 2.45) is 0 Å². The number of hydrogen-bond acceptors (Lipinski definition) is 3. The highest BCUT2D eigenvalue weighted by Gasteiger charge is 2.35. The summed E-state index contributed by atoms with van der Waals surface area (Å²) in [5.41, 5.74) is 4.31. The van der Waals surface area contributed by atoms with Gasteiger partial charge in [0.15, 0.2) is 0 Å². The van der Waals surface area contributed by atoms with E-state index in [-0.39, 0.29) is 10.6 Å². The molecule has 1 aliphatic rings. The third kappa shape index (κ3) is 2.95. The van der Waals surface area contributed by atoms with Crippen LogP contribution in [0.2, 0.25) is 10.0 Å². The van der Waals surface area contributed by atoms with E-state index < -0.39 is 0 Å². The zero-order chi connectivity index (χ0) is 20.8. The first-order valence-electron chi connectivity index (χ1n) is 9.31. The molecule has 3 aromatic carbocycles. The molecule has 148 valence electrons. The zero-order valence-electron chi connectivity index (χ0n) is 15.6. The SMILES string of the molecule is O=[N+]([O-])c1c(-c2ccccc2)c2n(c1-c1ccc(Cl)cc1Cl)Cc1ccccc1N2. The summed E-state index contributed by atoms with van der Waals surface area (Å²) in [7, 11) is 0. The summed E-state index contributed by atoms with van der Waals surface area (Å²) in [6.07, 6.45) is 0. The van der Waals surface area contributed by atoms with Crippen LogP contribution in [0.5, 0.6) is 0 Å². The predicted molar refractivity (Wildman–Crippen MR) is 121 cm³/mol. The molecule has 0 amide bonds. The van der Waals surface area contributed by atoms with Gasteiger partial charge in [0.2, 0.25) is 0 Å². The van der Waals surface area contributed by atoms with Gasteiger partial charge in [-0.05, 0) is 35.4 Å². The Hall–Kier alpha value is -3.28. The van der Waals surface area contributed by atoms with E-state index in [9.17, 15) is 10.1 Å². The molecule has 0 aliphatic carbocycles. The average molecular weight is 436 g/mol. The van der Waals surface area contributed by atoms with Crippen molar-refractivity contribution < 1.29 is 4.92 Å². The Kier molecular flexibility index (Phi) is 4.50. The summed E-state index contributed by atoms with van der Waals surface area (Å²) in [6, 6.07) is 22.3. The fourth-order valence-corrected chi connectivity index (χ4v) is 4.48. The van der Waals surface area contributed by atoms with Gasteiger partial charge in [0, 0.05) is 16.3 Å². The van der Waals surface area contributed by atoms with Crippen LogP contribution in [-0.4, -0.2) is 9.49 Å². The van der Waals surface area contributed by atoms with Crippen molar-refractivity contribution in [2.75, 3.05) is 5.32 Å². The van der Waals surface area contributed by atoms with Crippen LogP contribution in [0.1, 0.15) is 5.56 Å².